The normalized spacial score (nSPS) is 14.9. The summed E-state index contributed by atoms with van der Waals surface area (Å²) in [6.45, 7) is 0. The van der Waals surface area contributed by atoms with E-state index in [0.29, 0.717) is 0 Å². The lowest BCUT2D eigenvalue weighted by atomic mass is 10.2. The van der Waals surface area contributed by atoms with Crippen molar-refractivity contribution in [2.45, 2.75) is 11.7 Å². The van der Waals surface area contributed by atoms with Crippen molar-refractivity contribution in [2.75, 3.05) is 42.5 Å². The van der Waals surface area contributed by atoms with Gasteiger partial charge in [0.2, 0.25) is 0 Å². The van der Waals surface area contributed by atoms with Crippen molar-refractivity contribution in [1.29, 1.82) is 0 Å². The largest absolute Gasteiger partial charge is 0.468 e. The number of ether oxygens (including phenoxy) is 2. The fraction of sp³-hybridized carbons (Fsp3) is 0.800. The summed E-state index contributed by atoms with van der Waals surface area (Å²) in [7, 11) is 3.75. The van der Waals surface area contributed by atoms with Gasteiger partial charge in [0, 0.05) is 14.2 Å². The van der Waals surface area contributed by atoms with Crippen molar-refractivity contribution in [3.8, 4) is 0 Å². The molecular weight excluding hydrogens is 277 g/mol. The zero-order valence-electron chi connectivity index (χ0n) is 11.9. The molecule has 112 valence electrons. The van der Waals surface area contributed by atoms with Crippen LogP contribution in [0.15, 0.2) is 0 Å². The molecule has 8 nitrogen and oxygen atoms in total. The molecular formula is C10H20NO7P. The first-order valence-corrected chi connectivity index (χ1v) is 6.93. The van der Waals surface area contributed by atoms with E-state index in [0.717, 1.165) is 28.4 Å². The molecule has 0 spiro atoms. The summed E-state index contributed by atoms with van der Waals surface area (Å²) in [5.74, 6) is -1.62. The molecule has 0 aliphatic heterocycles. The van der Waals surface area contributed by atoms with Crippen LogP contribution in [0.5, 0.6) is 0 Å². The summed E-state index contributed by atoms with van der Waals surface area (Å²) < 4.78 is 31.2. The summed E-state index contributed by atoms with van der Waals surface area (Å²) in [6.07, 6.45) is 0. The second-order valence-corrected chi connectivity index (χ2v) is 6.17. The predicted octanol–water partition coefficient (Wildman–Crippen LogP) is 0.117. The molecule has 0 bridgehead atoms. The highest BCUT2D eigenvalue weighted by Crippen LogP contribution is 2.53. The minimum Gasteiger partial charge on any atom is -0.468 e. The number of hydrogen-bond donors (Lipinski definition) is 0. The van der Waals surface area contributed by atoms with Gasteiger partial charge in [-0.05, 0) is 14.1 Å². The molecule has 0 aromatic heterocycles. The number of esters is 2. The molecule has 2 unspecified atom stereocenters. The first kappa shape index (κ1) is 18.0. The highest BCUT2D eigenvalue weighted by atomic mass is 31.2. The van der Waals surface area contributed by atoms with E-state index >= 15 is 0 Å². The first-order chi connectivity index (χ1) is 8.78. The molecule has 0 rings (SSSR count). The van der Waals surface area contributed by atoms with Crippen LogP contribution in [0.25, 0.3) is 0 Å². The average molecular weight is 297 g/mol. The van der Waals surface area contributed by atoms with Gasteiger partial charge in [-0.3, -0.25) is 19.1 Å². The first-order valence-electron chi connectivity index (χ1n) is 5.32. The van der Waals surface area contributed by atoms with E-state index in [4.69, 9.17) is 9.05 Å². The number of nitrogens with zero attached hydrogens (tertiary/aromatic N) is 1. The highest BCUT2D eigenvalue weighted by Gasteiger charge is 2.51. The third-order valence-corrected chi connectivity index (χ3v) is 4.78. The van der Waals surface area contributed by atoms with Crippen molar-refractivity contribution in [2.24, 2.45) is 0 Å². The molecule has 0 radical (unpaired) electrons. The van der Waals surface area contributed by atoms with Crippen LogP contribution in [-0.2, 0) is 32.7 Å². The van der Waals surface area contributed by atoms with Crippen LogP contribution in [0, 0.1) is 0 Å². The zero-order chi connectivity index (χ0) is 15.2. The highest BCUT2D eigenvalue weighted by molar-refractivity contribution is 7.55. The van der Waals surface area contributed by atoms with Gasteiger partial charge in [-0.1, -0.05) is 0 Å². The molecule has 0 fully saturated rings. The van der Waals surface area contributed by atoms with Crippen molar-refractivity contribution in [1.82, 2.24) is 4.90 Å². The Morgan fingerprint density at radius 1 is 0.947 bits per heavy atom. The fourth-order valence-electron chi connectivity index (χ4n) is 1.60. The van der Waals surface area contributed by atoms with Gasteiger partial charge < -0.3 is 18.5 Å². The summed E-state index contributed by atoms with van der Waals surface area (Å²) in [6, 6.07) is -1.15. The molecule has 0 amide bonds. The average Bonchev–Trinajstić information content (AvgIpc) is 2.41. The van der Waals surface area contributed by atoms with Crippen LogP contribution in [0.3, 0.4) is 0 Å². The molecule has 0 aliphatic rings. The van der Waals surface area contributed by atoms with E-state index in [-0.39, 0.29) is 0 Å². The number of hydrogen-bond acceptors (Lipinski definition) is 8. The lowest BCUT2D eigenvalue weighted by Gasteiger charge is -2.31. The molecule has 9 heteroatoms. The van der Waals surface area contributed by atoms with E-state index in [1.807, 2.05) is 0 Å². The van der Waals surface area contributed by atoms with Crippen molar-refractivity contribution in [3.05, 3.63) is 0 Å². The maximum absolute atomic E-state index is 12.4. The quantitative estimate of drug-likeness (QED) is 0.483. The number of methoxy groups -OCH3 is 2. The standard InChI is InChI=1S/C10H20NO7P/c1-11(2)7(9(12)15-3)8(10(13)16-4)19(14,17-5)18-6/h7-8H,1-6H3. The Bertz CT molecular complexity index is 363. The van der Waals surface area contributed by atoms with Crippen molar-refractivity contribution >= 4 is 19.5 Å². The zero-order valence-corrected chi connectivity index (χ0v) is 12.8. The van der Waals surface area contributed by atoms with Gasteiger partial charge in [0.1, 0.15) is 6.04 Å². The van der Waals surface area contributed by atoms with Crippen LogP contribution in [0.1, 0.15) is 0 Å². The van der Waals surface area contributed by atoms with E-state index < -0.39 is 31.2 Å². The predicted molar refractivity (Wildman–Crippen MR) is 66.9 cm³/mol. The number of likely N-dealkylation sites (N-methyl/N-ethyl adjacent to an activating group) is 1. The maximum atomic E-state index is 12.4. The lowest BCUT2D eigenvalue weighted by Crippen LogP contribution is -2.50. The maximum Gasteiger partial charge on any atom is 0.346 e. The number of carbonyl (C=O) groups is 2. The molecule has 0 heterocycles. The van der Waals surface area contributed by atoms with Crippen LogP contribution in [0.2, 0.25) is 0 Å². The van der Waals surface area contributed by atoms with Gasteiger partial charge in [-0.15, -0.1) is 0 Å². The second-order valence-electron chi connectivity index (χ2n) is 3.80. The van der Waals surface area contributed by atoms with Crippen molar-refractivity contribution < 1.29 is 32.7 Å². The lowest BCUT2D eigenvalue weighted by molar-refractivity contribution is -0.152. The molecule has 2 atom stereocenters. The topological polar surface area (TPSA) is 91.4 Å². The molecule has 0 N–H and O–H groups in total. The Kier molecular flexibility index (Phi) is 7.21. The second kappa shape index (κ2) is 7.59. The number of rotatable bonds is 7. The Hall–Kier alpha value is -0.950. The minimum atomic E-state index is -3.86. The number of carbonyl (C=O) groups excluding carboxylic acids is 2. The van der Waals surface area contributed by atoms with Gasteiger partial charge in [-0.2, -0.15) is 0 Å². The Balaban J connectivity index is 5.75. The van der Waals surface area contributed by atoms with E-state index in [2.05, 4.69) is 9.47 Å². The van der Waals surface area contributed by atoms with E-state index in [1.165, 1.54) is 19.0 Å². The van der Waals surface area contributed by atoms with E-state index in [1.54, 1.807) is 0 Å². The monoisotopic (exact) mass is 297 g/mol. The minimum absolute atomic E-state index is 0.741. The molecule has 0 aromatic rings. The molecule has 0 saturated carbocycles. The molecule has 0 saturated heterocycles. The summed E-state index contributed by atoms with van der Waals surface area (Å²) in [5, 5.41) is 0. The molecule has 0 aliphatic carbocycles. The third kappa shape index (κ3) is 4.01. The van der Waals surface area contributed by atoms with Crippen LogP contribution >= 0.6 is 7.60 Å². The van der Waals surface area contributed by atoms with Crippen molar-refractivity contribution in [3.63, 3.8) is 0 Å². The van der Waals surface area contributed by atoms with Gasteiger partial charge in [0.25, 0.3) is 0 Å². The van der Waals surface area contributed by atoms with Gasteiger partial charge in [0.05, 0.1) is 14.2 Å². The van der Waals surface area contributed by atoms with Gasteiger partial charge >= 0.3 is 19.5 Å². The fourth-order valence-corrected chi connectivity index (χ4v) is 3.30. The van der Waals surface area contributed by atoms with E-state index in [9.17, 15) is 14.2 Å². The Morgan fingerprint density at radius 3 is 1.63 bits per heavy atom. The summed E-state index contributed by atoms with van der Waals surface area (Å²) in [5.41, 5.74) is -1.44. The Morgan fingerprint density at radius 2 is 1.37 bits per heavy atom. The van der Waals surface area contributed by atoms with Crippen LogP contribution in [-0.4, -0.2) is 71.1 Å². The smallest absolute Gasteiger partial charge is 0.346 e. The summed E-state index contributed by atoms with van der Waals surface area (Å²) in [4.78, 5) is 25.0. The van der Waals surface area contributed by atoms with Gasteiger partial charge in [0.15, 0.2) is 5.66 Å². The summed E-state index contributed by atoms with van der Waals surface area (Å²) >= 11 is 0. The Labute approximate surface area is 112 Å². The van der Waals surface area contributed by atoms with Crippen LogP contribution < -0.4 is 0 Å². The van der Waals surface area contributed by atoms with Crippen LogP contribution in [0.4, 0.5) is 0 Å². The SMILES string of the molecule is COC(=O)C(C(C(=O)OC)P(=O)(OC)OC)N(C)C. The molecule has 19 heavy (non-hydrogen) atoms. The molecule has 0 aromatic carbocycles. The van der Waals surface area contributed by atoms with Gasteiger partial charge in [-0.25, -0.2) is 0 Å². The third-order valence-electron chi connectivity index (χ3n) is 2.59.